The fourth-order valence-corrected chi connectivity index (χ4v) is 6.35. The van der Waals surface area contributed by atoms with E-state index in [0.29, 0.717) is 23.5 Å². The van der Waals surface area contributed by atoms with Gasteiger partial charge in [0, 0.05) is 15.8 Å². The number of aryl methyl sites for hydroxylation is 2. The van der Waals surface area contributed by atoms with Gasteiger partial charge in [0.2, 0.25) is 0 Å². The van der Waals surface area contributed by atoms with Crippen LogP contribution in [0.4, 0.5) is 0 Å². The topological polar surface area (TPSA) is 46.2 Å². The van der Waals surface area contributed by atoms with Crippen molar-refractivity contribution in [3.8, 4) is 0 Å². The highest BCUT2D eigenvalue weighted by molar-refractivity contribution is 7.91. The lowest BCUT2D eigenvalue weighted by Gasteiger charge is -2.15. The molecule has 0 amide bonds. The summed E-state index contributed by atoms with van der Waals surface area (Å²) in [5.41, 5.74) is 1.55. The van der Waals surface area contributed by atoms with E-state index in [-0.39, 0.29) is 0 Å². The van der Waals surface area contributed by atoms with E-state index >= 15 is 0 Å². The molecule has 1 saturated heterocycles. The molecule has 20 heavy (non-hydrogen) atoms. The molecule has 1 aliphatic heterocycles. The molecule has 3 rings (SSSR count). The quantitative estimate of drug-likeness (QED) is 0.929. The van der Waals surface area contributed by atoms with E-state index in [1.165, 1.54) is 30.6 Å². The number of rotatable bonds is 4. The lowest BCUT2D eigenvalue weighted by atomic mass is 9.99. The summed E-state index contributed by atoms with van der Waals surface area (Å²) in [6, 6.07) is 2.70. The lowest BCUT2D eigenvalue weighted by molar-refractivity contribution is 0.479. The van der Waals surface area contributed by atoms with Crippen LogP contribution in [-0.2, 0) is 22.7 Å². The first-order valence-corrected chi connectivity index (χ1v) is 10.2. The molecule has 2 atom stereocenters. The Morgan fingerprint density at radius 3 is 2.90 bits per heavy atom. The van der Waals surface area contributed by atoms with Crippen LogP contribution in [0.5, 0.6) is 0 Å². The monoisotopic (exact) mass is 313 g/mol. The van der Waals surface area contributed by atoms with Crippen LogP contribution in [0.25, 0.3) is 0 Å². The van der Waals surface area contributed by atoms with Crippen molar-refractivity contribution in [3.05, 3.63) is 21.4 Å². The van der Waals surface area contributed by atoms with E-state index in [9.17, 15) is 8.42 Å². The molecule has 0 bridgehead atoms. The van der Waals surface area contributed by atoms with Crippen LogP contribution < -0.4 is 5.32 Å². The third-order valence-electron chi connectivity index (χ3n) is 4.48. The van der Waals surface area contributed by atoms with Crippen LogP contribution in [0.2, 0.25) is 0 Å². The van der Waals surface area contributed by atoms with Gasteiger partial charge >= 0.3 is 0 Å². The van der Waals surface area contributed by atoms with E-state index in [4.69, 9.17) is 0 Å². The summed E-state index contributed by atoms with van der Waals surface area (Å²) < 4.78 is 22.9. The number of thiophene rings is 1. The molecular formula is C15H23NO2S2. The highest BCUT2D eigenvalue weighted by Gasteiger charge is 2.28. The normalized spacial score (nSPS) is 26.4. The molecule has 1 fully saturated rings. The number of fused-ring (bicyclic) bond motifs is 1. The van der Waals surface area contributed by atoms with Crippen LogP contribution in [0.15, 0.2) is 6.07 Å². The first-order valence-electron chi connectivity index (χ1n) is 7.59. The maximum atomic E-state index is 11.5. The van der Waals surface area contributed by atoms with Crippen LogP contribution in [0, 0.1) is 5.92 Å². The maximum absolute atomic E-state index is 11.5. The summed E-state index contributed by atoms with van der Waals surface area (Å²) in [5, 5.41) is 3.53. The third kappa shape index (κ3) is 3.26. The molecule has 112 valence electrons. The van der Waals surface area contributed by atoms with Gasteiger partial charge in [-0.05, 0) is 63.1 Å². The summed E-state index contributed by atoms with van der Waals surface area (Å²) in [4.78, 5) is 2.99. The summed E-state index contributed by atoms with van der Waals surface area (Å²) in [6.45, 7) is 3.02. The molecule has 5 heteroatoms. The molecule has 1 aliphatic carbocycles. The van der Waals surface area contributed by atoms with Gasteiger partial charge in [0.15, 0.2) is 9.84 Å². The van der Waals surface area contributed by atoms with Gasteiger partial charge in [-0.25, -0.2) is 8.42 Å². The largest absolute Gasteiger partial charge is 0.309 e. The third-order valence-corrected chi connectivity index (χ3v) is 7.74. The van der Waals surface area contributed by atoms with Crippen molar-refractivity contribution in [1.82, 2.24) is 5.32 Å². The Hall–Kier alpha value is -0.390. The average Bonchev–Trinajstić information content (AvgIpc) is 2.99. The van der Waals surface area contributed by atoms with Crippen LogP contribution in [0.1, 0.15) is 47.5 Å². The minimum Gasteiger partial charge on any atom is -0.309 e. The van der Waals surface area contributed by atoms with Gasteiger partial charge in [-0.2, -0.15) is 0 Å². The van der Waals surface area contributed by atoms with E-state index in [1.807, 2.05) is 11.3 Å². The van der Waals surface area contributed by atoms with Crippen molar-refractivity contribution in [2.75, 3.05) is 18.1 Å². The predicted molar refractivity (Wildman–Crippen MR) is 84.1 cm³/mol. The molecule has 2 unspecified atom stereocenters. The minimum atomic E-state index is -2.75. The van der Waals surface area contributed by atoms with Crippen LogP contribution in [-0.4, -0.2) is 26.5 Å². The standard InChI is InChI=1S/C15H23NO2S2/c1-11(16-9-12-6-7-20(17,18)10-12)15-8-13-4-2-3-5-14(13)19-15/h8,11-12,16H,2-7,9-10H2,1H3. The predicted octanol–water partition coefficient (Wildman–Crippen LogP) is 2.71. The van der Waals surface area contributed by atoms with Crippen molar-refractivity contribution in [1.29, 1.82) is 0 Å². The summed E-state index contributed by atoms with van der Waals surface area (Å²) in [7, 11) is -2.75. The highest BCUT2D eigenvalue weighted by atomic mass is 32.2. The van der Waals surface area contributed by atoms with Gasteiger partial charge in [-0.15, -0.1) is 11.3 Å². The Labute approximate surface area is 125 Å². The Morgan fingerprint density at radius 2 is 2.20 bits per heavy atom. The summed E-state index contributed by atoms with van der Waals surface area (Å²) in [5.74, 6) is 1.05. The molecule has 2 heterocycles. The van der Waals surface area contributed by atoms with Gasteiger partial charge in [-0.1, -0.05) is 0 Å². The van der Waals surface area contributed by atoms with Crippen LogP contribution >= 0.6 is 11.3 Å². The lowest BCUT2D eigenvalue weighted by Crippen LogP contribution is -2.26. The molecule has 1 N–H and O–H groups in total. The molecule has 0 aromatic carbocycles. The van der Waals surface area contributed by atoms with Gasteiger partial charge in [0.1, 0.15) is 0 Å². The van der Waals surface area contributed by atoms with E-state index in [2.05, 4.69) is 18.3 Å². The van der Waals surface area contributed by atoms with Gasteiger partial charge in [0.05, 0.1) is 11.5 Å². The maximum Gasteiger partial charge on any atom is 0.150 e. The molecule has 1 aromatic rings. The number of sulfone groups is 1. The van der Waals surface area contributed by atoms with E-state index in [0.717, 1.165) is 13.0 Å². The second-order valence-corrected chi connectivity index (χ2v) is 9.60. The van der Waals surface area contributed by atoms with Crippen molar-refractivity contribution in [2.24, 2.45) is 5.92 Å². The molecule has 2 aliphatic rings. The number of nitrogens with one attached hydrogen (secondary N) is 1. The Bertz CT molecular complexity index is 553. The Morgan fingerprint density at radius 1 is 1.40 bits per heavy atom. The fourth-order valence-electron chi connectivity index (χ4n) is 3.20. The minimum absolute atomic E-state index is 0.303. The smallest absolute Gasteiger partial charge is 0.150 e. The first-order chi connectivity index (χ1) is 9.53. The van der Waals surface area contributed by atoms with Gasteiger partial charge < -0.3 is 5.32 Å². The van der Waals surface area contributed by atoms with Crippen molar-refractivity contribution >= 4 is 21.2 Å². The number of hydrogen-bond donors (Lipinski definition) is 1. The molecule has 3 nitrogen and oxygen atoms in total. The van der Waals surface area contributed by atoms with Gasteiger partial charge in [0.25, 0.3) is 0 Å². The summed E-state index contributed by atoms with van der Waals surface area (Å²) >= 11 is 1.94. The zero-order valence-corrected chi connectivity index (χ0v) is 13.7. The highest BCUT2D eigenvalue weighted by Crippen LogP contribution is 2.33. The first kappa shape index (κ1) is 14.5. The van der Waals surface area contributed by atoms with Crippen molar-refractivity contribution < 1.29 is 8.42 Å². The zero-order chi connectivity index (χ0) is 14.2. The Kier molecular flexibility index (Phi) is 4.20. The van der Waals surface area contributed by atoms with Gasteiger partial charge in [-0.3, -0.25) is 0 Å². The molecular weight excluding hydrogens is 290 g/mol. The zero-order valence-electron chi connectivity index (χ0n) is 12.0. The second-order valence-electron chi connectivity index (χ2n) is 6.20. The second kappa shape index (κ2) is 5.78. The molecule has 0 radical (unpaired) electrons. The van der Waals surface area contributed by atoms with E-state index < -0.39 is 9.84 Å². The van der Waals surface area contributed by atoms with Crippen LogP contribution in [0.3, 0.4) is 0 Å². The van der Waals surface area contributed by atoms with Crippen molar-refractivity contribution in [2.45, 2.75) is 45.1 Å². The SMILES string of the molecule is CC(NCC1CCS(=O)(=O)C1)c1cc2c(s1)CCCC2. The molecule has 1 aromatic heterocycles. The fraction of sp³-hybridized carbons (Fsp3) is 0.733. The molecule has 0 saturated carbocycles. The summed E-state index contributed by atoms with van der Waals surface area (Å²) in [6.07, 6.45) is 5.95. The average molecular weight is 313 g/mol. The molecule has 0 spiro atoms. The Balaban J connectivity index is 1.57. The number of hydrogen-bond acceptors (Lipinski definition) is 4. The van der Waals surface area contributed by atoms with E-state index in [1.54, 1.807) is 10.4 Å². The van der Waals surface area contributed by atoms with Crippen molar-refractivity contribution in [3.63, 3.8) is 0 Å².